The van der Waals surface area contributed by atoms with Crippen LogP contribution in [0.3, 0.4) is 0 Å². The van der Waals surface area contributed by atoms with Crippen molar-refractivity contribution in [2.45, 2.75) is 39.3 Å². The largest absolute Gasteiger partial charge is 0.393 e. The van der Waals surface area contributed by atoms with E-state index in [9.17, 15) is 9.50 Å². The number of nitrogens with one attached hydrogen (secondary N) is 1. The van der Waals surface area contributed by atoms with Crippen molar-refractivity contribution in [2.75, 3.05) is 24.5 Å². The van der Waals surface area contributed by atoms with Crippen LogP contribution in [0.1, 0.15) is 32.3 Å². The Morgan fingerprint density at radius 3 is 2.70 bits per heavy atom. The van der Waals surface area contributed by atoms with Crippen molar-refractivity contribution in [1.29, 1.82) is 0 Å². The van der Waals surface area contributed by atoms with Crippen LogP contribution in [-0.4, -0.2) is 30.8 Å². The molecule has 1 aliphatic heterocycles. The number of nitrogens with zero attached hydrogens (tertiary/aromatic N) is 1. The molecule has 0 amide bonds. The van der Waals surface area contributed by atoms with Gasteiger partial charge in [-0.2, -0.15) is 0 Å². The molecular formula is C16H25FN2O. The van der Waals surface area contributed by atoms with Crippen LogP contribution < -0.4 is 10.2 Å². The van der Waals surface area contributed by atoms with Crippen molar-refractivity contribution in [1.82, 2.24) is 5.32 Å². The highest BCUT2D eigenvalue weighted by Crippen LogP contribution is 2.29. The average molecular weight is 280 g/mol. The topological polar surface area (TPSA) is 35.5 Å². The van der Waals surface area contributed by atoms with Gasteiger partial charge in [-0.3, -0.25) is 0 Å². The second-order valence-corrected chi connectivity index (χ2v) is 5.58. The Hall–Kier alpha value is -1.13. The maximum atomic E-state index is 14.0. The minimum Gasteiger partial charge on any atom is -0.393 e. The quantitative estimate of drug-likeness (QED) is 0.870. The second kappa shape index (κ2) is 7.04. The molecule has 1 aromatic carbocycles. The van der Waals surface area contributed by atoms with Crippen LogP contribution in [0, 0.1) is 11.7 Å². The fraction of sp³-hybridized carbons (Fsp3) is 0.625. The van der Waals surface area contributed by atoms with Gasteiger partial charge in [0.25, 0.3) is 0 Å². The van der Waals surface area contributed by atoms with E-state index in [0.717, 1.165) is 43.7 Å². The highest BCUT2D eigenvalue weighted by atomic mass is 19.1. The number of hydrogen-bond acceptors (Lipinski definition) is 3. The summed E-state index contributed by atoms with van der Waals surface area (Å²) >= 11 is 0. The highest BCUT2D eigenvalue weighted by Gasteiger charge is 2.24. The first kappa shape index (κ1) is 15.3. The van der Waals surface area contributed by atoms with Gasteiger partial charge >= 0.3 is 0 Å². The van der Waals surface area contributed by atoms with E-state index in [-0.39, 0.29) is 11.9 Å². The summed E-state index contributed by atoms with van der Waals surface area (Å²) in [6.07, 6.45) is 1.69. The number of hydrogen-bond donors (Lipinski definition) is 2. The third kappa shape index (κ3) is 3.49. The number of benzene rings is 1. The van der Waals surface area contributed by atoms with Gasteiger partial charge < -0.3 is 15.3 Å². The summed E-state index contributed by atoms with van der Waals surface area (Å²) in [5.74, 6) is 0.234. The van der Waals surface area contributed by atoms with Gasteiger partial charge in [-0.15, -0.1) is 0 Å². The van der Waals surface area contributed by atoms with E-state index in [4.69, 9.17) is 0 Å². The van der Waals surface area contributed by atoms with Crippen molar-refractivity contribution in [3.05, 3.63) is 29.6 Å². The van der Waals surface area contributed by atoms with Crippen molar-refractivity contribution >= 4 is 5.69 Å². The third-order valence-corrected chi connectivity index (χ3v) is 4.21. The molecule has 1 fully saturated rings. The Morgan fingerprint density at radius 1 is 1.40 bits per heavy atom. The second-order valence-electron chi connectivity index (χ2n) is 5.58. The summed E-state index contributed by atoms with van der Waals surface area (Å²) in [5.41, 5.74) is 1.75. The molecule has 0 radical (unpaired) electrons. The SMILES string of the molecule is CCNCc1c(F)cccc1N1CCC(C(C)O)CC1. The molecule has 1 aromatic rings. The predicted octanol–water partition coefficient (Wildman–Crippen LogP) is 2.53. The van der Waals surface area contributed by atoms with Crippen LogP contribution in [-0.2, 0) is 6.54 Å². The molecular weight excluding hydrogens is 255 g/mol. The Labute approximate surface area is 120 Å². The minimum atomic E-state index is -0.245. The van der Waals surface area contributed by atoms with Gasteiger partial charge in [0.05, 0.1) is 6.10 Å². The lowest BCUT2D eigenvalue weighted by Gasteiger charge is -2.36. The number of piperidine rings is 1. The first-order valence-electron chi connectivity index (χ1n) is 7.54. The van der Waals surface area contributed by atoms with E-state index in [1.54, 1.807) is 6.07 Å². The fourth-order valence-electron chi connectivity index (χ4n) is 2.89. The van der Waals surface area contributed by atoms with Gasteiger partial charge in [-0.05, 0) is 44.4 Å². The molecule has 0 bridgehead atoms. The van der Waals surface area contributed by atoms with Crippen LogP contribution in [0.4, 0.5) is 10.1 Å². The monoisotopic (exact) mass is 280 g/mol. The number of aliphatic hydroxyl groups is 1. The van der Waals surface area contributed by atoms with E-state index >= 15 is 0 Å². The van der Waals surface area contributed by atoms with Crippen molar-refractivity contribution in [3.63, 3.8) is 0 Å². The fourth-order valence-corrected chi connectivity index (χ4v) is 2.89. The Kier molecular flexibility index (Phi) is 5.38. The molecule has 1 aliphatic rings. The van der Waals surface area contributed by atoms with E-state index in [2.05, 4.69) is 10.2 Å². The van der Waals surface area contributed by atoms with E-state index in [1.165, 1.54) is 6.07 Å². The van der Waals surface area contributed by atoms with Crippen molar-refractivity contribution < 1.29 is 9.50 Å². The number of anilines is 1. The van der Waals surface area contributed by atoms with Crippen LogP contribution in [0.5, 0.6) is 0 Å². The molecule has 1 unspecified atom stereocenters. The lowest BCUT2D eigenvalue weighted by Crippen LogP contribution is -2.37. The average Bonchev–Trinajstić information content (AvgIpc) is 2.46. The normalized spacial score (nSPS) is 18.3. The van der Waals surface area contributed by atoms with Gasteiger partial charge in [0.1, 0.15) is 5.82 Å². The van der Waals surface area contributed by atoms with Gasteiger partial charge in [-0.1, -0.05) is 13.0 Å². The highest BCUT2D eigenvalue weighted by molar-refractivity contribution is 5.54. The van der Waals surface area contributed by atoms with Crippen LogP contribution in [0.2, 0.25) is 0 Å². The van der Waals surface area contributed by atoms with Gasteiger partial charge in [0.15, 0.2) is 0 Å². The molecule has 20 heavy (non-hydrogen) atoms. The summed E-state index contributed by atoms with van der Waals surface area (Å²) in [7, 11) is 0. The van der Waals surface area contributed by atoms with E-state index in [1.807, 2.05) is 19.9 Å². The molecule has 3 nitrogen and oxygen atoms in total. The maximum absolute atomic E-state index is 14.0. The van der Waals surface area contributed by atoms with Gasteiger partial charge in [-0.25, -0.2) is 4.39 Å². The molecule has 0 spiro atoms. The molecule has 2 rings (SSSR count). The first-order valence-corrected chi connectivity index (χ1v) is 7.54. The molecule has 4 heteroatoms. The zero-order chi connectivity index (χ0) is 14.5. The minimum absolute atomic E-state index is 0.138. The van der Waals surface area contributed by atoms with Crippen molar-refractivity contribution in [3.8, 4) is 0 Å². The lowest BCUT2D eigenvalue weighted by molar-refractivity contribution is 0.110. The predicted molar refractivity (Wildman–Crippen MR) is 80.4 cm³/mol. The summed E-state index contributed by atoms with van der Waals surface area (Å²) < 4.78 is 14.0. The summed E-state index contributed by atoms with van der Waals surface area (Å²) in [4.78, 5) is 2.24. The molecule has 1 heterocycles. The standard InChI is InChI=1S/C16H25FN2O/c1-3-18-11-14-15(17)5-4-6-16(14)19-9-7-13(8-10-19)12(2)20/h4-6,12-13,18,20H,3,7-11H2,1-2H3. The van der Waals surface area contributed by atoms with Crippen molar-refractivity contribution in [2.24, 2.45) is 5.92 Å². The number of aliphatic hydroxyl groups excluding tert-OH is 1. The summed E-state index contributed by atoms with van der Waals surface area (Å²) in [6, 6.07) is 5.30. The Morgan fingerprint density at radius 2 is 2.10 bits per heavy atom. The molecule has 1 saturated heterocycles. The molecule has 0 aliphatic carbocycles. The number of rotatable bonds is 5. The summed E-state index contributed by atoms with van der Waals surface area (Å²) in [6.45, 7) is 7.05. The molecule has 0 aromatic heterocycles. The Bertz CT molecular complexity index is 428. The maximum Gasteiger partial charge on any atom is 0.129 e. The summed E-state index contributed by atoms with van der Waals surface area (Å²) in [5, 5.41) is 12.9. The number of halogens is 1. The zero-order valence-corrected chi connectivity index (χ0v) is 12.4. The van der Waals surface area contributed by atoms with Gasteiger partial charge in [0, 0.05) is 30.9 Å². The van der Waals surface area contributed by atoms with E-state index in [0.29, 0.717) is 12.5 Å². The lowest BCUT2D eigenvalue weighted by atomic mass is 9.91. The van der Waals surface area contributed by atoms with E-state index < -0.39 is 0 Å². The molecule has 0 saturated carbocycles. The van der Waals surface area contributed by atoms with Crippen LogP contribution in [0.25, 0.3) is 0 Å². The van der Waals surface area contributed by atoms with Gasteiger partial charge in [0.2, 0.25) is 0 Å². The smallest absolute Gasteiger partial charge is 0.129 e. The molecule has 1 atom stereocenters. The van der Waals surface area contributed by atoms with Crippen LogP contribution in [0.15, 0.2) is 18.2 Å². The Balaban J connectivity index is 2.11. The zero-order valence-electron chi connectivity index (χ0n) is 12.4. The molecule has 2 N–H and O–H groups in total. The third-order valence-electron chi connectivity index (χ3n) is 4.21. The van der Waals surface area contributed by atoms with Crippen LogP contribution >= 0.6 is 0 Å². The first-order chi connectivity index (χ1) is 9.63. The molecule has 112 valence electrons.